The summed E-state index contributed by atoms with van der Waals surface area (Å²) < 4.78 is 0. The van der Waals surface area contributed by atoms with Gasteiger partial charge in [-0.15, -0.1) is 24.0 Å². The quantitative estimate of drug-likeness (QED) is 0.679. The van der Waals surface area contributed by atoms with Gasteiger partial charge in [0.1, 0.15) is 5.82 Å². The summed E-state index contributed by atoms with van der Waals surface area (Å²) in [5.74, 6) is -0.0325. The first-order chi connectivity index (χ1) is 7.54. The summed E-state index contributed by atoms with van der Waals surface area (Å²) in [4.78, 5) is 26.5. The molecular weight excluding hydrogens is 263 g/mol. The molecule has 1 heterocycles. The van der Waals surface area contributed by atoms with E-state index in [-0.39, 0.29) is 35.9 Å². The normalized spacial score (nSPS) is 9.65. The molecule has 0 radical (unpaired) electrons. The van der Waals surface area contributed by atoms with Crippen molar-refractivity contribution in [3.8, 4) is 0 Å². The number of rotatable bonds is 4. The van der Waals surface area contributed by atoms with E-state index in [1.54, 1.807) is 26.0 Å². The van der Waals surface area contributed by atoms with Gasteiger partial charge in [-0.3, -0.25) is 9.59 Å². The van der Waals surface area contributed by atoms with Crippen LogP contribution >= 0.6 is 24.0 Å². The van der Waals surface area contributed by atoms with Gasteiger partial charge in [-0.25, -0.2) is 4.98 Å². The predicted molar refractivity (Wildman–Crippen MR) is 70.0 cm³/mol. The molecule has 4 nitrogen and oxygen atoms in total. The maximum Gasteiger partial charge on any atom is 0.228 e. The molecule has 0 atom stereocenters. The van der Waals surface area contributed by atoms with Crippen LogP contribution in [0.25, 0.3) is 0 Å². The minimum absolute atomic E-state index is 0. The van der Waals surface area contributed by atoms with Gasteiger partial charge < -0.3 is 5.32 Å². The highest BCUT2D eigenvalue weighted by atomic mass is 35.5. The predicted octanol–water partition coefficient (Wildman–Crippen LogP) is 2.52. The Morgan fingerprint density at radius 1 is 1.41 bits per heavy atom. The lowest BCUT2D eigenvalue weighted by atomic mass is 10.2. The van der Waals surface area contributed by atoms with E-state index < -0.39 is 0 Å². The van der Waals surface area contributed by atoms with Crippen molar-refractivity contribution >= 4 is 41.5 Å². The first-order valence-corrected chi connectivity index (χ1v) is 5.44. The molecule has 94 valence electrons. The molecule has 6 heteroatoms. The number of Topliss-reactive ketones (excluding diaryl/α,β-unsaturated/α-hetero) is 1. The van der Waals surface area contributed by atoms with Crippen molar-refractivity contribution in [2.45, 2.75) is 13.8 Å². The van der Waals surface area contributed by atoms with Crippen molar-refractivity contribution in [3.05, 3.63) is 23.9 Å². The Bertz CT molecular complexity index is 391. The van der Waals surface area contributed by atoms with E-state index in [4.69, 9.17) is 11.6 Å². The molecule has 1 aromatic heterocycles. The van der Waals surface area contributed by atoms with Gasteiger partial charge in [0.15, 0.2) is 5.78 Å². The van der Waals surface area contributed by atoms with Crippen LogP contribution in [-0.2, 0) is 4.79 Å². The maximum atomic E-state index is 11.3. The molecular formula is C11H14Cl2N2O2. The number of halogens is 2. The molecule has 0 spiro atoms. The van der Waals surface area contributed by atoms with E-state index in [9.17, 15) is 9.59 Å². The molecule has 0 aromatic carbocycles. The molecule has 0 saturated carbocycles. The highest BCUT2D eigenvalue weighted by Crippen LogP contribution is 2.08. The van der Waals surface area contributed by atoms with Crippen LogP contribution in [0.5, 0.6) is 0 Å². The van der Waals surface area contributed by atoms with Crippen LogP contribution in [0.15, 0.2) is 18.3 Å². The fourth-order valence-corrected chi connectivity index (χ4v) is 1.13. The summed E-state index contributed by atoms with van der Waals surface area (Å²) in [6, 6.07) is 3.17. The number of carbonyl (C=O) groups excluding carboxylic acids is 2. The molecule has 0 aliphatic heterocycles. The number of pyridine rings is 1. The van der Waals surface area contributed by atoms with Gasteiger partial charge in [0.25, 0.3) is 0 Å². The van der Waals surface area contributed by atoms with Crippen molar-refractivity contribution < 1.29 is 9.59 Å². The van der Waals surface area contributed by atoms with E-state index in [0.29, 0.717) is 11.4 Å². The van der Waals surface area contributed by atoms with Crippen molar-refractivity contribution in [1.82, 2.24) is 4.98 Å². The molecule has 1 aromatic rings. The van der Waals surface area contributed by atoms with E-state index in [1.165, 1.54) is 6.20 Å². The van der Waals surface area contributed by atoms with Gasteiger partial charge >= 0.3 is 0 Å². The van der Waals surface area contributed by atoms with Crippen LogP contribution in [0.4, 0.5) is 5.82 Å². The topological polar surface area (TPSA) is 59.1 Å². The molecule has 17 heavy (non-hydrogen) atoms. The number of nitrogens with one attached hydrogen (secondary N) is 1. The average molecular weight is 277 g/mol. The summed E-state index contributed by atoms with van der Waals surface area (Å²) in [5.41, 5.74) is 0.442. The maximum absolute atomic E-state index is 11.3. The molecule has 1 rings (SSSR count). The van der Waals surface area contributed by atoms with Crippen molar-refractivity contribution in [2.24, 2.45) is 5.92 Å². The number of amides is 1. The Labute approximate surface area is 111 Å². The van der Waals surface area contributed by atoms with Crippen LogP contribution in [0, 0.1) is 5.92 Å². The summed E-state index contributed by atoms with van der Waals surface area (Å²) in [6.07, 6.45) is 1.40. The lowest BCUT2D eigenvalue weighted by molar-refractivity contribution is -0.118. The van der Waals surface area contributed by atoms with Gasteiger partial charge in [-0.05, 0) is 12.1 Å². The second-order valence-electron chi connectivity index (χ2n) is 3.63. The Morgan fingerprint density at radius 2 is 2.06 bits per heavy atom. The van der Waals surface area contributed by atoms with Gasteiger partial charge in [-0.1, -0.05) is 13.8 Å². The van der Waals surface area contributed by atoms with Gasteiger partial charge in [0, 0.05) is 17.7 Å². The number of hydrogen-bond acceptors (Lipinski definition) is 3. The summed E-state index contributed by atoms with van der Waals surface area (Å²) in [6.45, 7) is 3.58. The van der Waals surface area contributed by atoms with E-state index >= 15 is 0 Å². The standard InChI is InChI=1S/C11H13ClN2O2.ClH/c1-7(2)11(16)14-10-4-3-8(6-13-10)9(15)5-12;/h3-4,6-7H,5H2,1-2H3,(H,13,14,16);1H. The number of hydrogen-bond donors (Lipinski definition) is 1. The summed E-state index contributed by atoms with van der Waals surface area (Å²) in [5, 5.41) is 2.63. The third kappa shape index (κ3) is 4.71. The first kappa shape index (κ1) is 15.9. The number of nitrogens with zero attached hydrogens (tertiary/aromatic N) is 1. The van der Waals surface area contributed by atoms with Gasteiger partial charge in [-0.2, -0.15) is 0 Å². The number of alkyl halides is 1. The fourth-order valence-electron chi connectivity index (χ4n) is 0.980. The van der Waals surface area contributed by atoms with Crippen LogP contribution in [0.3, 0.4) is 0 Å². The lowest BCUT2D eigenvalue weighted by Crippen LogP contribution is -2.18. The second kappa shape index (κ2) is 7.25. The number of anilines is 1. The number of ketones is 1. The van der Waals surface area contributed by atoms with Gasteiger partial charge in [0.05, 0.1) is 5.88 Å². The number of aromatic nitrogens is 1. The van der Waals surface area contributed by atoms with E-state index in [0.717, 1.165) is 0 Å². The zero-order valence-electron chi connectivity index (χ0n) is 9.57. The Hall–Kier alpha value is -1.13. The molecule has 0 unspecified atom stereocenters. The van der Waals surface area contributed by atoms with Crippen LogP contribution in [-0.4, -0.2) is 22.6 Å². The van der Waals surface area contributed by atoms with Crippen molar-refractivity contribution in [3.63, 3.8) is 0 Å². The highest BCUT2D eigenvalue weighted by molar-refractivity contribution is 6.30. The molecule has 1 N–H and O–H groups in total. The molecule has 0 aliphatic carbocycles. The minimum atomic E-state index is -0.184. The third-order valence-electron chi connectivity index (χ3n) is 1.98. The highest BCUT2D eigenvalue weighted by Gasteiger charge is 2.09. The number of carbonyl (C=O) groups is 2. The van der Waals surface area contributed by atoms with Crippen LogP contribution in [0.1, 0.15) is 24.2 Å². The molecule has 0 bridgehead atoms. The van der Waals surface area contributed by atoms with Crippen molar-refractivity contribution in [1.29, 1.82) is 0 Å². The molecule has 0 saturated heterocycles. The Kier molecular flexibility index (Phi) is 6.76. The molecule has 1 amide bonds. The first-order valence-electron chi connectivity index (χ1n) is 4.90. The lowest BCUT2D eigenvalue weighted by Gasteiger charge is -2.06. The summed E-state index contributed by atoms with van der Waals surface area (Å²) in [7, 11) is 0. The van der Waals surface area contributed by atoms with Gasteiger partial charge in [0.2, 0.25) is 5.91 Å². The largest absolute Gasteiger partial charge is 0.310 e. The zero-order valence-corrected chi connectivity index (χ0v) is 11.1. The van der Waals surface area contributed by atoms with Crippen molar-refractivity contribution in [2.75, 3.05) is 11.2 Å². The molecule has 0 fully saturated rings. The van der Waals surface area contributed by atoms with E-state index in [2.05, 4.69) is 10.3 Å². The minimum Gasteiger partial charge on any atom is -0.310 e. The summed E-state index contributed by atoms with van der Waals surface area (Å²) >= 11 is 5.41. The third-order valence-corrected chi connectivity index (χ3v) is 2.23. The SMILES string of the molecule is CC(C)C(=O)Nc1ccc(C(=O)CCl)cn1.Cl. The zero-order chi connectivity index (χ0) is 12.1. The Balaban J connectivity index is 0.00000256. The van der Waals surface area contributed by atoms with Crippen LogP contribution < -0.4 is 5.32 Å². The molecule has 0 aliphatic rings. The smallest absolute Gasteiger partial charge is 0.228 e. The monoisotopic (exact) mass is 276 g/mol. The Morgan fingerprint density at radius 3 is 2.47 bits per heavy atom. The fraction of sp³-hybridized carbons (Fsp3) is 0.364. The average Bonchev–Trinajstić information content (AvgIpc) is 2.28. The van der Waals surface area contributed by atoms with E-state index in [1.807, 2.05) is 0 Å². The second-order valence-corrected chi connectivity index (χ2v) is 3.90. The van der Waals surface area contributed by atoms with Crippen LogP contribution in [0.2, 0.25) is 0 Å².